The predicted molar refractivity (Wildman–Crippen MR) is 151 cm³/mol. The molecule has 2 heterocycles. The molecule has 2 aromatic heterocycles. The van der Waals surface area contributed by atoms with Crippen LogP contribution in [0.5, 0.6) is 0 Å². The lowest BCUT2D eigenvalue weighted by atomic mass is 9.87. The summed E-state index contributed by atoms with van der Waals surface area (Å²) in [4.78, 5) is 17.1. The summed E-state index contributed by atoms with van der Waals surface area (Å²) in [5, 5.41) is 15.6. The SMILES string of the molecule is C=CCn1c(SCC(=O)Nc2nc(-c3ccc(Cl)cc3Cl)cs2)nnc1-c1ccc(C(C)(C)C)cc1. The minimum Gasteiger partial charge on any atom is -0.301 e. The normalized spacial score (nSPS) is 11.5. The monoisotopic (exact) mass is 557 g/mol. The van der Waals surface area contributed by atoms with E-state index >= 15 is 0 Å². The summed E-state index contributed by atoms with van der Waals surface area (Å²) in [6, 6.07) is 13.6. The fourth-order valence-electron chi connectivity index (χ4n) is 3.46. The Kier molecular flexibility index (Phi) is 8.20. The quantitative estimate of drug-likeness (QED) is 0.178. The summed E-state index contributed by atoms with van der Waals surface area (Å²) < 4.78 is 1.96. The summed E-state index contributed by atoms with van der Waals surface area (Å²) in [6.45, 7) is 10.9. The van der Waals surface area contributed by atoms with Crippen LogP contribution in [0.3, 0.4) is 0 Å². The van der Waals surface area contributed by atoms with E-state index in [-0.39, 0.29) is 17.1 Å². The number of amides is 1. The number of thiazole rings is 1. The van der Waals surface area contributed by atoms with Gasteiger partial charge in [-0.15, -0.1) is 28.1 Å². The van der Waals surface area contributed by atoms with Crippen LogP contribution < -0.4 is 5.32 Å². The summed E-state index contributed by atoms with van der Waals surface area (Å²) in [5.74, 6) is 0.712. The van der Waals surface area contributed by atoms with Crippen LogP contribution in [0.25, 0.3) is 22.6 Å². The Morgan fingerprint density at radius 3 is 2.58 bits per heavy atom. The molecule has 0 aliphatic rings. The van der Waals surface area contributed by atoms with Crippen LogP contribution in [-0.4, -0.2) is 31.4 Å². The molecule has 2 aromatic carbocycles. The highest BCUT2D eigenvalue weighted by Crippen LogP contribution is 2.33. The zero-order valence-corrected chi connectivity index (χ0v) is 23.2. The first-order valence-electron chi connectivity index (χ1n) is 11.1. The van der Waals surface area contributed by atoms with E-state index in [9.17, 15) is 4.79 Å². The van der Waals surface area contributed by atoms with Gasteiger partial charge < -0.3 is 5.32 Å². The Labute approximate surface area is 228 Å². The van der Waals surface area contributed by atoms with Crippen LogP contribution in [0.15, 0.2) is 65.7 Å². The molecular formula is C26H25Cl2N5OS2. The van der Waals surface area contributed by atoms with Crippen molar-refractivity contribution in [3.63, 3.8) is 0 Å². The number of hydrogen-bond donors (Lipinski definition) is 1. The molecule has 0 atom stereocenters. The van der Waals surface area contributed by atoms with Crippen LogP contribution in [0.4, 0.5) is 5.13 Å². The third-order valence-electron chi connectivity index (χ3n) is 5.33. The van der Waals surface area contributed by atoms with Crippen molar-refractivity contribution in [2.75, 3.05) is 11.1 Å². The van der Waals surface area contributed by atoms with Gasteiger partial charge in [0.25, 0.3) is 0 Å². The van der Waals surface area contributed by atoms with Crippen molar-refractivity contribution in [1.29, 1.82) is 0 Å². The third-order valence-corrected chi connectivity index (χ3v) is 7.60. The average molecular weight is 559 g/mol. The number of rotatable bonds is 8. The number of thioether (sulfide) groups is 1. The Bertz CT molecular complexity index is 1390. The maximum Gasteiger partial charge on any atom is 0.236 e. The van der Waals surface area contributed by atoms with Crippen LogP contribution in [0.2, 0.25) is 10.0 Å². The van der Waals surface area contributed by atoms with Gasteiger partial charge in [0.15, 0.2) is 16.1 Å². The first-order chi connectivity index (χ1) is 17.2. The lowest BCUT2D eigenvalue weighted by molar-refractivity contribution is -0.113. The van der Waals surface area contributed by atoms with Crippen molar-refractivity contribution in [3.05, 3.63) is 76.1 Å². The van der Waals surface area contributed by atoms with Gasteiger partial charge in [0.05, 0.1) is 16.5 Å². The smallest absolute Gasteiger partial charge is 0.236 e. The van der Waals surface area contributed by atoms with E-state index in [0.29, 0.717) is 32.6 Å². The molecule has 1 amide bonds. The van der Waals surface area contributed by atoms with Gasteiger partial charge in [-0.3, -0.25) is 9.36 Å². The highest BCUT2D eigenvalue weighted by atomic mass is 35.5. The molecule has 4 aromatic rings. The number of allylic oxidation sites excluding steroid dienone is 1. The molecule has 186 valence electrons. The maximum absolute atomic E-state index is 12.6. The minimum atomic E-state index is -0.188. The fraction of sp³-hybridized carbons (Fsp3) is 0.231. The van der Waals surface area contributed by atoms with Crippen molar-refractivity contribution in [2.45, 2.75) is 37.9 Å². The van der Waals surface area contributed by atoms with E-state index in [0.717, 1.165) is 17.0 Å². The molecule has 0 spiro atoms. The first kappa shape index (κ1) is 26.4. The zero-order valence-electron chi connectivity index (χ0n) is 20.1. The average Bonchev–Trinajstić information content (AvgIpc) is 3.44. The molecule has 0 radical (unpaired) electrons. The number of carbonyl (C=O) groups excluding carboxylic acids is 1. The molecule has 0 unspecified atom stereocenters. The summed E-state index contributed by atoms with van der Waals surface area (Å²) in [5.41, 5.74) is 3.71. The van der Waals surface area contributed by atoms with Crippen LogP contribution in [0, 0.1) is 0 Å². The summed E-state index contributed by atoms with van der Waals surface area (Å²) in [7, 11) is 0. The van der Waals surface area contributed by atoms with E-state index in [1.807, 2.05) is 16.0 Å². The largest absolute Gasteiger partial charge is 0.301 e. The second-order valence-corrected chi connectivity index (χ2v) is 11.7. The molecule has 0 aliphatic carbocycles. The van der Waals surface area contributed by atoms with Gasteiger partial charge in [-0.05, 0) is 29.2 Å². The van der Waals surface area contributed by atoms with Gasteiger partial charge in [0.2, 0.25) is 5.91 Å². The maximum atomic E-state index is 12.6. The van der Waals surface area contributed by atoms with Crippen LogP contribution in [-0.2, 0) is 16.8 Å². The van der Waals surface area contributed by atoms with E-state index in [2.05, 4.69) is 72.1 Å². The Morgan fingerprint density at radius 1 is 1.17 bits per heavy atom. The zero-order chi connectivity index (χ0) is 25.9. The topological polar surface area (TPSA) is 72.7 Å². The molecule has 0 saturated heterocycles. The van der Waals surface area contributed by atoms with Gasteiger partial charge in [0, 0.05) is 28.1 Å². The predicted octanol–water partition coefficient (Wildman–Crippen LogP) is 7.59. The number of hydrogen-bond acceptors (Lipinski definition) is 6. The van der Waals surface area contributed by atoms with Gasteiger partial charge >= 0.3 is 0 Å². The Hall–Kier alpha value is -2.65. The highest BCUT2D eigenvalue weighted by Gasteiger charge is 2.18. The van der Waals surface area contributed by atoms with Crippen LogP contribution >= 0.6 is 46.3 Å². The highest BCUT2D eigenvalue weighted by molar-refractivity contribution is 7.99. The number of aromatic nitrogens is 4. The van der Waals surface area contributed by atoms with Gasteiger partial charge in [-0.25, -0.2) is 4.98 Å². The lowest BCUT2D eigenvalue weighted by Crippen LogP contribution is -2.14. The van der Waals surface area contributed by atoms with Crippen molar-refractivity contribution in [1.82, 2.24) is 19.7 Å². The molecule has 36 heavy (non-hydrogen) atoms. The van der Waals surface area contributed by atoms with E-state index in [1.165, 1.54) is 28.7 Å². The second-order valence-electron chi connectivity index (χ2n) is 9.03. The molecule has 0 aliphatic heterocycles. The number of benzene rings is 2. The molecule has 0 saturated carbocycles. The number of carbonyl (C=O) groups is 1. The summed E-state index contributed by atoms with van der Waals surface area (Å²) in [6.07, 6.45) is 1.79. The van der Waals surface area contributed by atoms with Crippen molar-refractivity contribution in [2.24, 2.45) is 0 Å². The molecule has 1 N–H and O–H groups in total. The standard InChI is InChI=1S/C26H25Cl2N5OS2/c1-5-12-33-23(16-6-8-17(9-7-16)26(2,3)4)31-32-25(33)36-15-22(34)30-24-29-21(14-35-24)19-11-10-18(27)13-20(19)28/h5-11,13-14H,1,12,15H2,2-4H3,(H,29,30,34). The van der Waals surface area contributed by atoms with Crippen molar-refractivity contribution >= 4 is 57.3 Å². The molecule has 6 nitrogen and oxygen atoms in total. The van der Waals surface area contributed by atoms with E-state index < -0.39 is 0 Å². The minimum absolute atomic E-state index is 0.0704. The van der Waals surface area contributed by atoms with Gasteiger partial charge in [-0.2, -0.15) is 0 Å². The van der Waals surface area contributed by atoms with Gasteiger partial charge in [-0.1, -0.05) is 86.1 Å². The molecular weight excluding hydrogens is 533 g/mol. The van der Waals surface area contributed by atoms with Crippen molar-refractivity contribution < 1.29 is 4.79 Å². The first-order valence-corrected chi connectivity index (χ1v) is 13.8. The number of halogens is 2. The molecule has 10 heteroatoms. The Balaban J connectivity index is 1.43. The Morgan fingerprint density at radius 2 is 1.92 bits per heavy atom. The van der Waals surface area contributed by atoms with E-state index in [4.69, 9.17) is 23.2 Å². The van der Waals surface area contributed by atoms with E-state index in [1.54, 1.807) is 18.2 Å². The molecule has 0 fully saturated rings. The molecule has 4 rings (SSSR count). The fourth-order valence-corrected chi connectivity index (χ4v) is 5.44. The second kappa shape index (κ2) is 11.2. The summed E-state index contributed by atoms with van der Waals surface area (Å²) >= 11 is 14.9. The number of nitrogens with one attached hydrogen (secondary N) is 1. The van der Waals surface area contributed by atoms with Crippen molar-refractivity contribution in [3.8, 4) is 22.6 Å². The number of anilines is 1. The lowest BCUT2D eigenvalue weighted by Gasteiger charge is -2.19. The van der Waals surface area contributed by atoms with Crippen LogP contribution in [0.1, 0.15) is 26.3 Å². The van der Waals surface area contributed by atoms with Gasteiger partial charge in [0.1, 0.15) is 0 Å². The third kappa shape index (κ3) is 6.18. The number of nitrogens with zero attached hydrogens (tertiary/aromatic N) is 4. The molecule has 0 bridgehead atoms.